The van der Waals surface area contributed by atoms with E-state index in [1.807, 2.05) is 25.3 Å². The molecule has 0 aliphatic carbocycles. The second kappa shape index (κ2) is 5.21. The number of tetrazole rings is 1. The van der Waals surface area contributed by atoms with Crippen LogP contribution in [-0.4, -0.2) is 42.5 Å². The lowest BCUT2D eigenvalue weighted by atomic mass is 10.2. The van der Waals surface area contributed by atoms with Gasteiger partial charge in [0, 0.05) is 12.3 Å². The van der Waals surface area contributed by atoms with E-state index >= 15 is 0 Å². The molecule has 3 heterocycles. The maximum atomic E-state index is 11.0. The topological polar surface area (TPSA) is 87.2 Å². The van der Waals surface area contributed by atoms with Crippen LogP contribution in [0.15, 0.2) is 0 Å². The third kappa shape index (κ3) is 1.99. The highest BCUT2D eigenvalue weighted by Crippen LogP contribution is 2.25. The summed E-state index contributed by atoms with van der Waals surface area (Å²) < 4.78 is 8.98. The molecule has 0 aliphatic rings. The normalized spacial score (nSPS) is 11.6. The van der Waals surface area contributed by atoms with Crippen molar-refractivity contribution in [1.29, 1.82) is 0 Å². The number of aryl methyl sites for hydroxylation is 2. The first-order chi connectivity index (χ1) is 10.2. The van der Waals surface area contributed by atoms with Crippen molar-refractivity contribution in [2.24, 2.45) is 0 Å². The minimum atomic E-state index is 0.233. The number of carbonyl (C=O) groups excluding carboxylic acids is 1. The quantitative estimate of drug-likeness (QED) is 0.646. The van der Waals surface area contributed by atoms with Gasteiger partial charge in [-0.25, -0.2) is 4.98 Å². The molecule has 0 aromatic carbocycles. The van der Waals surface area contributed by atoms with Crippen LogP contribution in [0, 0.1) is 13.8 Å². The van der Waals surface area contributed by atoms with Crippen LogP contribution in [0.1, 0.15) is 24.0 Å². The number of aldehydes is 1. The maximum Gasteiger partial charge on any atom is 0.207 e. The number of carbonyl (C=O) groups is 1. The second-order valence-corrected chi connectivity index (χ2v) is 4.76. The highest BCUT2D eigenvalue weighted by molar-refractivity contribution is 5.91. The fourth-order valence-corrected chi connectivity index (χ4v) is 2.50. The molecule has 0 saturated carbocycles. The fourth-order valence-electron chi connectivity index (χ4n) is 2.50. The molecule has 110 valence electrons. The molecule has 3 aromatic heterocycles. The number of aromatic nitrogens is 6. The van der Waals surface area contributed by atoms with E-state index in [-0.39, 0.29) is 6.54 Å². The first kappa shape index (κ1) is 13.6. The number of ether oxygens (including phenoxy) is 1. The second-order valence-electron chi connectivity index (χ2n) is 4.76. The average Bonchev–Trinajstić information content (AvgIpc) is 3.08. The monoisotopic (exact) mass is 288 g/mol. The minimum Gasteiger partial charge on any atom is -0.374 e. The Balaban J connectivity index is 2.36. The van der Waals surface area contributed by atoms with Gasteiger partial charge in [-0.05, 0) is 36.8 Å². The molecule has 3 rings (SSSR count). The van der Waals surface area contributed by atoms with Crippen molar-refractivity contribution in [2.45, 2.75) is 33.9 Å². The molecule has 0 saturated heterocycles. The van der Waals surface area contributed by atoms with Gasteiger partial charge in [-0.15, -0.1) is 5.10 Å². The zero-order valence-corrected chi connectivity index (χ0v) is 12.2. The molecule has 21 heavy (non-hydrogen) atoms. The SMILES string of the molecule is CCOCc1nc2c(c(C)c(C)n3nnnc23)n1CC=O. The molecule has 0 aliphatic heterocycles. The molecule has 3 aromatic rings. The summed E-state index contributed by atoms with van der Waals surface area (Å²) in [5.41, 5.74) is 4.10. The van der Waals surface area contributed by atoms with E-state index in [0.29, 0.717) is 30.2 Å². The van der Waals surface area contributed by atoms with Gasteiger partial charge in [0.05, 0.1) is 12.1 Å². The standard InChI is InChI=1S/C13H16N6O2/c1-4-21-7-10-14-11-12(18(10)5-6-20)8(2)9(3)19-13(11)15-16-17-19/h6H,4-5,7H2,1-3H3. The maximum absolute atomic E-state index is 11.0. The number of hydrogen-bond acceptors (Lipinski definition) is 6. The van der Waals surface area contributed by atoms with E-state index in [1.165, 1.54) is 0 Å². The number of nitrogens with zero attached hydrogens (tertiary/aromatic N) is 6. The molecule has 0 bridgehead atoms. The van der Waals surface area contributed by atoms with Crippen molar-refractivity contribution < 1.29 is 9.53 Å². The lowest BCUT2D eigenvalue weighted by Crippen LogP contribution is -2.08. The Bertz CT molecular complexity index is 819. The summed E-state index contributed by atoms with van der Waals surface area (Å²) in [5.74, 6) is 0.706. The summed E-state index contributed by atoms with van der Waals surface area (Å²) in [6.45, 7) is 7.01. The highest BCUT2D eigenvalue weighted by atomic mass is 16.5. The van der Waals surface area contributed by atoms with E-state index in [2.05, 4.69) is 20.5 Å². The number of imidazole rings is 1. The Kier molecular flexibility index (Phi) is 3.38. The zero-order chi connectivity index (χ0) is 15.0. The summed E-state index contributed by atoms with van der Waals surface area (Å²) in [6.07, 6.45) is 0.859. The number of pyridine rings is 1. The molecule has 8 heteroatoms. The molecule has 0 amide bonds. The number of fused-ring (bicyclic) bond motifs is 3. The average molecular weight is 288 g/mol. The largest absolute Gasteiger partial charge is 0.374 e. The molecule has 8 nitrogen and oxygen atoms in total. The molecule has 0 unspecified atom stereocenters. The van der Waals surface area contributed by atoms with E-state index in [4.69, 9.17) is 4.74 Å². The molecule has 0 atom stereocenters. The lowest BCUT2D eigenvalue weighted by Gasteiger charge is -2.09. The van der Waals surface area contributed by atoms with Crippen molar-refractivity contribution in [2.75, 3.05) is 6.61 Å². The van der Waals surface area contributed by atoms with Gasteiger partial charge in [0.15, 0.2) is 0 Å². The van der Waals surface area contributed by atoms with Crippen molar-refractivity contribution in [3.63, 3.8) is 0 Å². The Morgan fingerprint density at radius 2 is 2.14 bits per heavy atom. The van der Waals surface area contributed by atoms with Crippen LogP contribution in [0.25, 0.3) is 16.7 Å². The van der Waals surface area contributed by atoms with Crippen LogP contribution in [0.3, 0.4) is 0 Å². The van der Waals surface area contributed by atoms with Crippen LogP contribution in [-0.2, 0) is 22.7 Å². The van der Waals surface area contributed by atoms with Gasteiger partial charge in [-0.3, -0.25) is 0 Å². The summed E-state index contributed by atoms with van der Waals surface area (Å²) in [6, 6.07) is 0. The van der Waals surface area contributed by atoms with Gasteiger partial charge in [0.1, 0.15) is 24.2 Å². The summed E-state index contributed by atoms with van der Waals surface area (Å²) in [7, 11) is 0. The Morgan fingerprint density at radius 1 is 1.33 bits per heavy atom. The minimum absolute atomic E-state index is 0.233. The molecule has 0 fully saturated rings. The Morgan fingerprint density at radius 3 is 2.86 bits per heavy atom. The van der Waals surface area contributed by atoms with Gasteiger partial charge in [0.25, 0.3) is 0 Å². The molecular formula is C13H16N6O2. The number of hydrogen-bond donors (Lipinski definition) is 0. The third-order valence-electron chi connectivity index (χ3n) is 3.64. The van der Waals surface area contributed by atoms with Crippen LogP contribution in [0.2, 0.25) is 0 Å². The van der Waals surface area contributed by atoms with Crippen molar-refractivity contribution >= 4 is 23.0 Å². The number of rotatable bonds is 5. The van der Waals surface area contributed by atoms with Gasteiger partial charge >= 0.3 is 0 Å². The first-order valence-electron chi connectivity index (χ1n) is 6.76. The van der Waals surface area contributed by atoms with E-state index < -0.39 is 0 Å². The van der Waals surface area contributed by atoms with Crippen LogP contribution in [0.4, 0.5) is 0 Å². The van der Waals surface area contributed by atoms with Crippen LogP contribution < -0.4 is 0 Å². The van der Waals surface area contributed by atoms with Gasteiger partial charge < -0.3 is 14.1 Å². The van der Waals surface area contributed by atoms with Gasteiger partial charge in [0.2, 0.25) is 5.65 Å². The van der Waals surface area contributed by atoms with Crippen LogP contribution >= 0.6 is 0 Å². The lowest BCUT2D eigenvalue weighted by molar-refractivity contribution is -0.108. The molecule has 0 spiro atoms. The van der Waals surface area contributed by atoms with E-state index in [0.717, 1.165) is 23.1 Å². The zero-order valence-electron chi connectivity index (χ0n) is 12.2. The van der Waals surface area contributed by atoms with E-state index in [9.17, 15) is 4.79 Å². The summed E-state index contributed by atoms with van der Waals surface area (Å²) >= 11 is 0. The Hall–Kier alpha value is -2.35. The highest BCUT2D eigenvalue weighted by Gasteiger charge is 2.19. The van der Waals surface area contributed by atoms with Crippen LogP contribution in [0.5, 0.6) is 0 Å². The van der Waals surface area contributed by atoms with Crippen molar-refractivity contribution in [3.8, 4) is 0 Å². The van der Waals surface area contributed by atoms with Gasteiger partial charge in [-0.2, -0.15) is 4.52 Å². The van der Waals surface area contributed by atoms with E-state index in [1.54, 1.807) is 4.52 Å². The predicted octanol–water partition coefficient (Wildman–Crippen LogP) is 0.826. The fraction of sp³-hybridized carbons (Fsp3) is 0.462. The summed E-state index contributed by atoms with van der Waals surface area (Å²) in [5, 5.41) is 11.7. The molecule has 0 radical (unpaired) electrons. The van der Waals surface area contributed by atoms with Crippen molar-refractivity contribution in [3.05, 3.63) is 17.1 Å². The van der Waals surface area contributed by atoms with Gasteiger partial charge in [-0.1, -0.05) is 0 Å². The Labute approximate surface area is 120 Å². The summed E-state index contributed by atoms with van der Waals surface area (Å²) in [4.78, 5) is 15.6. The first-order valence-corrected chi connectivity index (χ1v) is 6.76. The predicted molar refractivity (Wildman–Crippen MR) is 74.9 cm³/mol. The third-order valence-corrected chi connectivity index (χ3v) is 3.64. The van der Waals surface area contributed by atoms with Crippen molar-refractivity contribution in [1.82, 2.24) is 29.6 Å². The molecular weight excluding hydrogens is 272 g/mol. The smallest absolute Gasteiger partial charge is 0.207 e. The molecule has 0 N–H and O–H groups in total.